The van der Waals surface area contributed by atoms with Crippen molar-refractivity contribution >= 4 is 5.69 Å². The van der Waals surface area contributed by atoms with Crippen molar-refractivity contribution in [2.45, 2.75) is 51.7 Å². The summed E-state index contributed by atoms with van der Waals surface area (Å²) in [5, 5.41) is 3.52. The van der Waals surface area contributed by atoms with Crippen molar-refractivity contribution in [2.24, 2.45) is 0 Å². The molecule has 2 rings (SSSR count). The number of nitrogens with one attached hydrogen (secondary N) is 1. The maximum absolute atomic E-state index is 5.22. The minimum Gasteiger partial charge on any atom is -0.383 e. The van der Waals surface area contributed by atoms with Gasteiger partial charge in [-0.2, -0.15) is 0 Å². The first kappa shape index (κ1) is 15.3. The van der Waals surface area contributed by atoms with Crippen LogP contribution in [0, 0.1) is 0 Å². The molecule has 0 aliphatic heterocycles. The van der Waals surface area contributed by atoms with Gasteiger partial charge in [-0.05, 0) is 51.3 Å². The van der Waals surface area contributed by atoms with Crippen molar-refractivity contribution < 1.29 is 4.74 Å². The quantitative estimate of drug-likeness (QED) is 0.828. The number of anilines is 1. The maximum Gasteiger partial charge on any atom is 0.0637 e. The molecule has 0 spiro atoms. The van der Waals surface area contributed by atoms with Gasteiger partial charge in [-0.25, -0.2) is 0 Å². The Kier molecular flexibility index (Phi) is 5.06. The number of benzene rings is 1. The van der Waals surface area contributed by atoms with E-state index in [1.54, 1.807) is 7.11 Å². The van der Waals surface area contributed by atoms with Crippen molar-refractivity contribution in [3.05, 3.63) is 29.8 Å². The minimum atomic E-state index is 0.164. The summed E-state index contributed by atoms with van der Waals surface area (Å²) in [5.41, 5.74) is 2.83. The number of ether oxygens (including phenoxy) is 1. The molecule has 1 N–H and O–H groups in total. The fraction of sp³-hybridized carbons (Fsp3) is 0.647. The van der Waals surface area contributed by atoms with Crippen molar-refractivity contribution in [1.29, 1.82) is 0 Å². The van der Waals surface area contributed by atoms with Gasteiger partial charge in [0.05, 0.1) is 6.61 Å². The Labute approximate surface area is 123 Å². The van der Waals surface area contributed by atoms with E-state index < -0.39 is 0 Å². The van der Waals surface area contributed by atoms with E-state index in [2.05, 4.69) is 55.3 Å². The Morgan fingerprint density at radius 1 is 1.20 bits per heavy atom. The second-order valence-corrected chi connectivity index (χ2v) is 6.69. The van der Waals surface area contributed by atoms with E-state index in [-0.39, 0.29) is 5.54 Å². The molecule has 0 atom stereocenters. The monoisotopic (exact) mass is 276 g/mol. The molecule has 1 aliphatic carbocycles. The van der Waals surface area contributed by atoms with Gasteiger partial charge in [0.25, 0.3) is 0 Å². The first-order valence-corrected chi connectivity index (χ1v) is 7.59. The highest BCUT2D eigenvalue weighted by atomic mass is 16.5. The average molecular weight is 276 g/mol. The maximum atomic E-state index is 5.22. The predicted molar refractivity (Wildman–Crippen MR) is 85.3 cm³/mol. The predicted octanol–water partition coefficient (Wildman–Crippen LogP) is 3.19. The SMILES string of the molecule is COCCN(c1ccc(CNC(C)(C)C)cc1)C1CC1. The third-order valence-corrected chi connectivity index (χ3v) is 3.61. The molecular weight excluding hydrogens is 248 g/mol. The highest BCUT2D eigenvalue weighted by Gasteiger charge is 2.28. The van der Waals surface area contributed by atoms with Crippen LogP contribution in [0.4, 0.5) is 5.69 Å². The van der Waals surface area contributed by atoms with Gasteiger partial charge >= 0.3 is 0 Å². The van der Waals surface area contributed by atoms with Crippen LogP contribution in [0.3, 0.4) is 0 Å². The Hall–Kier alpha value is -1.06. The molecule has 112 valence electrons. The lowest BCUT2D eigenvalue weighted by Gasteiger charge is -2.25. The van der Waals surface area contributed by atoms with Crippen molar-refractivity contribution in [3.8, 4) is 0 Å². The summed E-state index contributed by atoms with van der Waals surface area (Å²) in [6.07, 6.45) is 2.63. The van der Waals surface area contributed by atoms with Crippen LogP contribution in [-0.4, -0.2) is 31.8 Å². The van der Waals surface area contributed by atoms with E-state index >= 15 is 0 Å². The van der Waals surface area contributed by atoms with Gasteiger partial charge in [0.2, 0.25) is 0 Å². The molecule has 0 aromatic heterocycles. The van der Waals surface area contributed by atoms with Crippen LogP contribution in [0.25, 0.3) is 0 Å². The molecule has 20 heavy (non-hydrogen) atoms. The molecular formula is C17H28N2O. The molecule has 0 radical (unpaired) electrons. The van der Waals surface area contributed by atoms with Crippen molar-refractivity contribution in [1.82, 2.24) is 5.32 Å². The van der Waals surface area contributed by atoms with Crippen LogP contribution in [0.2, 0.25) is 0 Å². The summed E-state index contributed by atoms with van der Waals surface area (Å²) in [7, 11) is 1.77. The summed E-state index contributed by atoms with van der Waals surface area (Å²) < 4.78 is 5.22. The van der Waals surface area contributed by atoms with Gasteiger partial charge in [-0.3, -0.25) is 0 Å². The molecule has 0 amide bonds. The zero-order chi connectivity index (χ0) is 14.6. The van der Waals surface area contributed by atoms with E-state index in [0.29, 0.717) is 0 Å². The van der Waals surface area contributed by atoms with Gasteiger partial charge in [0.1, 0.15) is 0 Å². The normalized spacial score (nSPS) is 15.4. The van der Waals surface area contributed by atoms with Gasteiger partial charge in [-0.15, -0.1) is 0 Å². The fourth-order valence-electron chi connectivity index (χ4n) is 2.27. The van der Waals surface area contributed by atoms with Crippen LogP contribution in [0.1, 0.15) is 39.2 Å². The molecule has 1 aliphatic rings. The highest BCUT2D eigenvalue weighted by Crippen LogP contribution is 2.31. The van der Waals surface area contributed by atoms with E-state index in [1.165, 1.54) is 24.1 Å². The Morgan fingerprint density at radius 2 is 1.85 bits per heavy atom. The lowest BCUT2D eigenvalue weighted by molar-refractivity contribution is 0.205. The topological polar surface area (TPSA) is 24.5 Å². The number of nitrogens with zero attached hydrogens (tertiary/aromatic N) is 1. The fourth-order valence-corrected chi connectivity index (χ4v) is 2.27. The van der Waals surface area contributed by atoms with Crippen LogP contribution < -0.4 is 10.2 Å². The number of methoxy groups -OCH3 is 1. The van der Waals surface area contributed by atoms with Gasteiger partial charge in [0.15, 0.2) is 0 Å². The zero-order valence-corrected chi connectivity index (χ0v) is 13.3. The Morgan fingerprint density at radius 3 is 2.35 bits per heavy atom. The van der Waals surface area contributed by atoms with Gasteiger partial charge in [0, 0.05) is 37.5 Å². The van der Waals surface area contributed by atoms with Crippen LogP contribution in [-0.2, 0) is 11.3 Å². The highest BCUT2D eigenvalue weighted by molar-refractivity contribution is 5.49. The van der Waals surface area contributed by atoms with Gasteiger partial charge < -0.3 is 15.0 Å². The first-order chi connectivity index (χ1) is 9.49. The molecule has 0 bridgehead atoms. The van der Waals surface area contributed by atoms with E-state index in [4.69, 9.17) is 4.74 Å². The summed E-state index contributed by atoms with van der Waals surface area (Å²) in [6.45, 7) is 9.29. The number of hydrogen-bond acceptors (Lipinski definition) is 3. The first-order valence-electron chi connectivity index (χ1n) is 7.59. The van der Waals surface area contributed by atoms with Crippen LogP contribution in [0.15, 0.2) is 24.3 Å². The molecule has 0 unspecified atom stereocenters. The molecule has 1 saturated carbocycles. The molecule has 1 fully saturated rings. The zero-order valence-electron chi connectivity index (χ0n) is 13.3. The number of rotatable bonds is 7. The average Bonchev–Trinajstić information content (AvgIpc) is 3.22. The van der Waals surface area contributed by atoms with Crippen LogP contribution >= 0.6 is 0 Å². The van der Waals surface area contributed by atoms with E-state index in [9.17, 15) is 0 Å². The molecule has 0 saturated heterocycles. The molecule has 1 aromatic rings. The van der Waals surface area contributed by atoms with Gasteiger partial charge in [-0.1, -0.05) is 12.1 Å². The van der Waals surface area contributed by atoms with Crippen molar-refractivity contribution in [2.75, 3.05) is 25.2 Å². The Bertz CT molecular complexity index is 404. The standard InChI is InChI=1S/C17H28N2O/c1-17(2,3)18-13-14-5-7-15(8-6-14)19(11-12-20-4)16-9-10-16/h5-8,16,18H,9-13H2,1-4H3. The number of hydrogen-bond donors (Lipinski definition) is 1. The summed E-state index contributed by atoms with van der Waals surface area (Å²) in [4.78, 5) is 2.48. The summed E-state index contributed by atoms with van der Waals surface area (Å²) in [5.74, 6) is 0. The summed E-state index contributed by atoms with van der Waals surface area (Å²) >= 11 is 0. The molecule has 3 heteroatoms. The second-order valence-electron chi connectivity index (χ2n) is 6.69. The second kappa shape index (κ2) is 6.59. The lowest BCUT2D eigenvalue weighted by Crippen LogP contribution is -2.35. The summed E-state index contributed by atoms with van der Waals surface area (Å²) in [6, 6.07) is 9.68. The van der Waals surface area contributed by atoms with E-state index in [1.807, 2.05) is 0 Å². The molecule has 3 nitrogen and oxygen atoms in total. The molecule has 1 aromatic carbocycles. The smallest absolute Gasteiger partial charge is 0.0637 e. The van der Waals surface area contributed by atoms with Crippen LogP contribution in [0.5, 0.6) is 0 Å². The van der Waals surface area contributed by atoms with E-state index in [0.717, 1.165) is 25.7 Å². The molecule has 0 heterocycles. The van der Waals surface area contributed by atoms with Crippen molar-refractivity contribution in [3.63, 3.8) is 0 Å². The largest absolute Gasteiger partial charge is 0.383 e. The Balaban J connectivity index is 1.95. The minimum absolute atomic E-state index is 0.164. The third-order valence-electron chi connectivity index (χ3n) is 3.61. The third kappa shape index (κ3) is 4.80. The lowest BCUT2D eigenvalue weighted by atomic mass is 10.1.